The Morgan fingerprint density at radius 3 is 2.63 bits per heavy atom. The SMILES string of the molecule is CC(C)c1nc2c(c(-c3ccc(F)cc3)c1/C=C/[C@@H]1C[C@@H](O)CC(=O)O1)CCCc1ccccc1-2. The topological polar surface area (TPSA) is 59.4 Å². The van der Waals surface area contributed by atoms with E-state index in [0.29, 0.717) is 6.42 Å². The Hall–Kier alpha value is -3.31. The lowest BCUT2D eigenvalue weighted by Gasteiger charge is -2.24. The van der Waals surface area contributed by atoms with E-state index < -0.39 is 18.2 Å². The Morgan fingerprint density at radius 2 is 1.89 bits per heavy atom. The van der Waals surface area contributed by atoms with Crippen LogP contribution in [0.25, 0.3) is 28.5 Å². The number of carbonyl (C=O) groups excluding carboxylic acids is 1. The molecular weight excluding hydrogens is 441 g/mol. The molecule has 1 aliphatic carbocycles. The van der Waals surface area contributed by atoms with E-state index in [1.165, 1.54) is 17.7 Å². The van der Waals surface area contributed by atoms with Crippen LogP contribution in [-0.4, -0.2) is 28.3 Å². The average molecular weight is 472 g/mol. The highest BCUT2D eigenvalue weighted by atomic mass is 19.1. The third kappa shape index (κ3) is 4.78. The monoisotopic (exact) mass is 471 g/mol. The van der Waals surface area contributed by atoms with E-state index in [-0.39, 0.29) is 18.2 Å². The quantitative estimate of drug-likeness (QED) is 0.457. The number of aryl methyl sites for hydroxylation is 1. The molecule has 1 saturated heterocycles. The molecule has 2 aromatic carbocycles. The normalized spacial score (nSPS) is 19.9. The first-order valence-corrected chi connectivity index (χ1v) is 12.4. The fourth-order valence-corrected chi connectivity index (χ4v) is 5.23. The lowest BCUT2D eigenvalue weighted by molar-refractivity contribution is -0.156. The number of nitrogens with zero attached hydrogens (tertiary/aromatic N) is 1. The van der Waals surface area contributed by atoms with Crippen LogP contribution in [0.5, 0.6) is 0 Å². The van der Waals surface area contributed by atoms with Gasteiger partial charge in [-0.25, -0.2) is 4.39 Å². The van der Waals surface area contributed by atoms with Gasteiger partial charge in [0, 0.05) is 17.5 Å². The third-order valence-electron chi connectivity index (χ3n) is 6.86. The van der Waals surface area contributed by atoms with Gasteiger partial charge in [0.05, 0.1) is 23.9 Å². The van der Waals surface area contributed by atoms with Gasteiger partial charge in [-0.2, -0.15) is 0 Å². The molecule has 180 valence electrons. The van der Waals surface area contributed by atoms with Gasteiger partial charge in [0.15, 0.2) is 0 Å². The standard InChI is InChI=1S/C30H30FNO3/c1-18(2)29-26(15-14-23-16-22(33)17-27(34)35-23)28(20-10-12-21(31)13-11-20)25-9-5-7-19-6-3-4-8-24(19)30(25)32-29/h3-4,6,8,10-15,18,22-23,33H,5,7,9,16-17H2,1-2H3/b15-14+/t22-,23-/m1/s1. The van der Waals surface area contributed by atoms with Crippen LogP contribution in [0.3, 0.4) is 0 Å². The zero-order valence-corrected chi connectivity index (χ0v) is 20.1. The van der Waals surface area contributed by atoms with E-state index in [4.69, 9.17) is 9.72 Å². The van der Waals surface area contributed by atoms with Gasteiger partial charge in [-0.3, -0.25) is 9.78 Å². The molecule has 1 fully saturated rings. The van der Waals surface area contributed by atoms with Gasteiger partial charge in [-0.15, -0.1) is 0 Å². The Labute approximate surface area is 205 Å². The fraction of sp³-hybridized carbons (Fsp3) is 0.333. The molecule has 1 N–H and O–H groups in total. The largest absolute Gasteiger partial charge is 0.458 e. The number of cyclic esters (lactones) is 1. The Kier molecular flexibility index (Phi) is 6.52. The number of pyridine rings is 1. The number of aliphatic hydroxyl groups excluding tert-OH is 1. The highest BCUT2D eigenvalue weighted by molar-refractivity contribution is 5.86. The average Bonchev–Trinajstić information content (AvgIpc) is 3.01. The summed E-state index contributed by atoms with van der Waals surface area (Å²) in [6, 6.07) is 15.1. The van der Waals surface area contributed by atoms with Crippen LogP contribution in [0.4, 0.5) is 4.39 Å². The highest BCUT2D eigenvalue weighted by Gasteiger charge is 2.27. The first kappa shape index (κ1) is 23.4. The number of ether oxygens (including phenoxy) is 1. The predicted octanol–water partition coefficient (Wildman–Crippen LogP) is 6.25. The van der Waals surface area contributed by atoms with Crippen LogP contribution in [0.1, 0.15) is 61.4 Å². The van der Waals surface area contributed by atoms with Crippen molar-refractivity contribution in [2.75, 3.05) is 0 Å². The van der Waals surface area contributed by atoms with E-state index in [1.54, 1.807) is 0 Å². The van der Waals surface area contributed by atoms with Crippen LogP contribution >= 0.6 is 0 Å². The zero-order chi connectivity index (χ0) is 24.5. The molecule has 5 rings (SSSR count). The summed E-state index contributed by atoms with van der Waals surface area (Å²) in [4.78, 5) is 17.1. The van der Waals surface area contributed by atoms with Crippen LogP contribution in [-0.2, 0) is 22.4 Å². The minimum atomic E-state index is -0.700. The highest BCUT2D eigenvalue weighted by Crippen LogP contribution is 2.42. The third-order valence-corrected chi connectivity index (χ3v) is 6.86. The molecule has 5 heteroatoms. The van der Waals surface area contributed by atoms with Crippen molar-refractivity contribution >= 4 is 12.0 Å². The summed E-state index contributed by atoms with van der Waals surface area (Å²) in [5.74, 6) is -0.532. The molecule has 3 aromatic rings. The van der Waals surface area contributed by atoms with Crippen molar-refractivity contribution in [2.24, 2.45) is 0 Å². The van der Waals surface area contributed by atoms with Crippen LogP contribution in [0.2, 0.25) is 0 Å². The number of hydrogen-bond acceptors (Lipinski definition) is 4. The number of aliphatic hydroxyl groups is 1. The van der Waals surface area contributed by atoms with Gasteiger partial charge in [-0.1, -0.05) is 56.3 Å². The van der Waals surface area contributed by atoms with Crippen molar-refractivity contribution in [3.05, 3.63) is 82.8 Å². The number of esters is 1. The molecule has 0 radical (unpaired) electrons. The number of rotatable bonds is 4. The molecule has 0 spiro atoms. The Balaban J connectivity index is 1.74. The Bertz CT molecular complexity index is 1280. The summed E-state index contributed by atoms with van der Waals surface area (Å²) in [6.45, 7) is 4.24. The summed E-state index contributed by atoms with van der Waals surface area (Å²) in [5, 5.41) is 10.0. The maximum Gasteiger partial charge on any atom is 0.309 e. The fourth-order valence-electron chi connectivity index (χ4n) is 5.23. The molecule has 2 heterocycles. The number of benzene rings is 2. The van der Waals surface area contributed by atoms with E-state index in [9.17, 15) is 14.3 Å². The first-order chi connectivity index (χ1) is 16.9. The smallest absolute Gasteiger partial charge is 0.309 e. The van der Waals surface area contributed by atoms with Crippen molar-refractivity contribution in [1.29, 1.82) is 0 Å². The molecule has 1 aliphatic heterocycles. The first-order valence-electron chi connectivity index (χ1n) is 12.4. The summed E-state index contributed by atoms with van der Waals surface area (Å²) in [6.07, 6.45) is 5.88. The Morgan fingerprint density at radius 1 is 1.11 bits per heavy atom. The van der Waals surface area contributed by atoms with Crippen molar-refractivity contribution < 1.29 is 19.0 Å². The number of halogens is 1. The molecule has 2 aliphatic rings. The molecule has 0 bridgehead atoms. The van der Waals surface area contributed by atoms with Gasteiger partial charge in [0.1, 0.15) is 11.9 Å². The summed E-state index contributed by atoms with van der Waals surface area (Å²) in [7, 11) is 0. The molecule has 1 aromatic heterocycles. The van der Waals surface area contributed by atoms with Crippen molar-refractivity contribution in [1.82, 2.24) is 4.98 Å². The minimum absolute atomic E-state index is 0.0300. The van der Waals surface area contributed by atoms with Crippen LogP contribution < -0.4 is 0 Å². The summed E-state index contributed by atoms with van der Waals surface area (Å²) >= 11 is 0. The second-order valence-electron chi connectivity index (χ2n) is 9.77. The predicted molar refractivity (Wildman–Crippen MR) is 135 cm³/mol. The van der Waals surface area contributed by atoms with E-state index in [0.717, 1.165) is 58.5 Å². The van der Waals surface area contributed by atoms with Crippen molar-refractivity contribution in [3.63, 3.8) is 0 Å². The summed E-state index contributed by atoms with van der Waals surface area (Å²) < 4.78 is 19.3. The van der Waals surface area contributed by atoms with Crippen molar-refractivity contribution in [3.8, 4) is 22.4 Å². The molecular formula is C30H30FNO3. The zero-order valence-electron chi connectivity index (χ0n) is 20.1. The van der Waals surface area contributed by atoms with Crippen LogP contribution in [0, 0.1) is 5.82 Å². The van der Waals surface area contributed by atoms with Crippen LogP contribution in [0.15, 0.2) is 54.6 Å². The van der Waals surface area contributed by atoms with E-state index in [1.807, 2.05) is 24.3 Å². The summed E-state index contributed by atoms with van der Waals surface area (Å²) in [5.41, 5.74) is 8.50. The van der Waals surface area contributed by atoms with E-state index in [2.05, 4.69) is 38.1 Å². The van der Waals surface area contributed by atoms with Gasteiger partial charge in [0.25, 0.3) is 0 Å². The van der Waals surface area contributed by atoms with E-state index >= 15 is 0 Å². The van der Waals surface area contributed by atoms with Gasteiger partial charge >= 0.3 is 5.97 Å². The second kappa shape index (κ2) is 9.74. The second-order valence-corrected chi connectivity index (χ2v) is 9.77. The number of fused-ring (bicyclic) bond motifs is 3. The lowest BCUT2D eigenvalue weighted by atomic mass is 9.86. The van der Waals surface area contributed by atoms with Gasteiger partial charge < -0.3 is 9.84 Å². The molecule has 0 saturated carbocycles. The lowest BCUT2D eigenvalue weighted by Crippen LogP contribution is -2.31. The molecule has 0 unspecified atom stereocenters. The van der Waals surface area contributed by atoms with Gasteiger partial charge in [0.2, 0.25) is 0 Å². The van der Waals surface area contributed by atoms with Gasteiger partial charge in [-0.05, 0) is 65.6 Å². The maximum absolute atomic E-state index is 13.9. The molecule has 4 nitrogen and oxygen atoms in total. The molecule has 0 amide bonds. The number of aromatic nitrogens is 1. The number of hydrogen-bond donors (Lipinski definition) is 1. The molecule has 2 atom stereocenters. The minimum Gasteiger partial charge on any atom is -0.458 e. The number of carbonyl (C=O) groups is 1. The molecule has 35 heavy (non-hydrogen) atoms. The maximum atomic E-state index is 13.9. The van der Waals surface area contributed by atoms with Crippen molar-refractivity contribution in [2.45, 2.75) is 64.1 Å².